The molecule has 0 unspecified atom stereocenters. The Morgan fingerprint density at radius 3 is 2.48 bits per heavy atom. The first-order chi connectivity index (χ1) is 13.9. The third kappa shape index (κ3) is 5.57. The highest BCUT2D eigenvalue weighted by Gasteiger charge is 2.25. The molecular weight excluding hydrogens is 404 g/mol. The van der Waals surface area contributed by atoms with Crippen molar-refractivity contribution in [2.24, 2.45) is 0 Å². The summed E-state index contributed by atoms with van der Waals surface area (Å²) in [6.45, 7) is -1.55. The van der Waals surface area contributed by atoms with Gasteiger partial charge in [0.05, 0.1) is 5.56 Å². The van der Waals surface area contributed by atoms with Crippen molar-refractivity contribution in [1.82, 2.24) is 9.80 Å². The molecule has 1 heterocycles. The number of hydrogen-bond acceptors (Lipinski definition) is 3. The van der Waals surface area contributed by atoms with E-state index in [1.54, 1.807) is 40.1 Å². The van der Waals surface area contributed by atoms with Crippen molar-refractivity contribution >= 4 is 29.2 Å². The van der Waals surface area contributed by atoms with Crippen molar-refractivity contribution in [2.75, 3.05) is 31.5 Å². The summed E-state index contributed by atoms with van der Waals surface area (Å²) in [5, 5.41) is 3.30. The summed E-state index contributed by atoms with van der Waals surface area (Å²) >= 11 is 5.93. The maximum atomic E-state index is 12.8. The largest absolute Gasteiger partial charge is 0.434 e. The third-order valence-electron chi connectivity index (χ3n) is 4.48. The van der Waals surface area contributed by atoms with Crippen LogP contribution in [0.1, 0.15) is 16.8 Å². The van der Waals surface area contributed by atoms with Gasteiger partial charge in [0.25, 0.3) is 5.91 Å². The van der Waals surface area contributed by atoms with Crippen LogP contribution in [0.5, 0.6) is 5.75 Å². The van der Waals surface area contributed by atoms with Crippen LogP contribution in [0.15, 0.2) is 48.5 Å². The van der Waals surface area contributed by atoms with Crippen molar-refractivity contribution < 1.29 is 23.1 Å². The number of amides is 3. The lowest BCUT2D eigenvalue weighted by atomic mass is 10.1. The number of nitrogens with one attached hydrogen (secondary N) is 1. The SMILES string of the molecule is O=C(Nc1cccc(Cl)c1)N1CCCN(C(=O)c2ccccc2OC(F)F)CC1. The first-order valence-corrected chi connectivity index (χ1v) is 9.46. The summed E-state index contributed by atoms with van der Waals surface area (Å²) in [7, 11) is 0. The number of benzene rings is 2. The standard InChI is InChI=1S/C20H20ClF2N3O3/c21-14-5-3-6-15(13-14)24-20(28)26-10-4-9-25(11-12-26)18(27)16-7-1-2-8-17(16)29-19(22)23/h1-3,5-8,13,19H,4,9-12H2,(H,24,28). The summed E-state index contributed by atoms with van der Waals surface area (Å²) < 4.78 is 29.7. The fourth-order valence-electron chi connectivity index (χ4n) is 3.10. The zero-order valence-corrected chi connectivity index (χ0v) is 16.2. The Morgan fingerprint density at radius 1 is 1.00 bits per heavy atom. The number of hydrogen-bond donors (Lipinski definition) is 1. The molecule has 2 aromatic carbocycles. The molecule has 6 nitrogen and oxygen atoms in total. The van der Waals surface area contributed by atoms with E-state index in [9.17, 15) is 18.4 Å². The topological polar surface area (TPSA) is 61.9 Å². The Bertz CT molecular complexity index is 882. The van der Waals surface area contributed by atoms with Crippen LogP contribution in [0.25, 0.3) is 0 Å². The molecule has 0 spiro atoms. The molecule has 0 aliphatic carbocycles. The van der Waals surface area contributed by atoms with E-state index in [1.807, 2.05) is 0 Å². The Kier molecular flexibility index (Phi) is 6.87. The number of carbonyl (C=O) groups excluding carboxylic acids is 2. The average Bonchev–Trinajstić information content (AvgIpc) is 2.94. The molecule has 9 heteroatoms. The van der Waals surface area contributed by atoms with Gasteiger partial charge >= 0.3 is 12.6 Å². The number of urea groups is 1. The van der Waals surface area contributed by atoms with Gasteiger partial charge in [-0.3, -0.25) is 4.79 Å². The molecule has 0 radical (unpaired) electrons. The lowest BCUT2D eigenvalue weighted by molar-refractivity contribution is -0.0502. The molecule has 0 saturated carbocycles. The molecule has 0 bridgehead atoms. The van der Waals surface area contributed by atoms with Crippen LogP contribution in [-0.2, 0) is 0 Å². The molecule has 2 aromatic rings. The predicted octanol–water partition coefficient (Wildman–Crippen LogP) is 4.32. The van der Waals surface area contributed by atoms with Crippen LogP contribution in [0.3, 0.4) is 0 Å². The number of carbonyl (C=O) groups is 2. The monoisotopic (exact) mass is 423 g/mol. The third-order valence-corrected chi connectivity index (χ3v) is 4.71. The molecule has 1 aliphatic rings. The second-order valence-electron chi connectivity index (χ2n) is 6.45. The molecule has 3 rings (SSSR count). The van der Waals surface area contributed by atoms with Gasteiger partial charge in [0.1, 0.15) is 5.75 Å². The molecule has 1 aliphatic heterocycles. The lowest BCUT2D eigenvalue weighted by Crippen LogP contribution is -2.39. The van der Waals surface area contributed by atoms with Crippen molar-refractivity contribution in [3.8, 4) is 5.75 Å². The molecule has 0 aromatic heterocycles. The molecular formula is C20H20ClF2N3O3. The number of rotatable bonds is 4. The molecule has 1 saturated heterocycles. The van der Waals surface area contributed by atoms with E-state index >= 15 is 0 Å². The minimum absolute atomic E-state index is 0.0737. The molecule has 3 amide bonds. The maximum absolute atomic E-state index is 12.8. The molecule has 1 N–H and O–H groups in total. The summed E-state index contributed by atoms with van der Waals surface area (Å²) in [5.74, 6) is -0.564. The minimum atomic E-state index is -3.02. The second kappa shape index (κ2) is 9.56. The van der Waals surface area contributed by atoms with E-state index < -0.39 is 12.5 Å². The number of halogens is 3. The number of alkyl halides is 2. The van der Waals surface area contributed by atoms with E-state index in [0.29, 0.717) is 36.8 Å². The van der Waals surface area contributed by atoms with Gasteiger partial charge < -0.3 is 19.9 Å². The Hall–Kier alpha value is -2.87. The van der Waals surface area contributed by atoms with Gasteiger partial charge in [-0.15, -0.1) is 0 Å². The van der Waals surface area contributed by atoms with Gasteiger partial charge in [0.15, 0.2) is 0 Å². The molecule has 154 valence electrons. The highest BCUT2D eigenvalue weighted by atomic mass is 35.5. The number of ether oxygens (including phenoxy) is 1. The smallest absolute Gasteiger partial charge is 0.387 e. The van der Waals surface area contributed by atoms with E-state index in [4.69, 9.17) is 11.6 Å². The molecule has 0 atom stereocenters. The summed E-state index contributed by atoms with van der Waals surface area (Å²) in [4.78, 5) is 28.5. The van der Waals surface area contributed by atoms with Crippen molar-refractivity contribution in [3.63, 3.8) is 0 Å². The van der Waals surface area contributed by atoms with Crippen LogP contribution in [0.4, 0.5) is 19.3 Å². The minimum Gasteiger partial charge on any atom is -0.434 e. The van der Waals surface area contributed by atoms with Crippen LogP contribution in [0.2, 0.25) is 5.02 Å². The maximum Gasteiger partial charge on any atom is 0.387 e. The van der Waals surface area contributed by atoms with Gasteiger partial charge in [-0.05, 0) is 36.8 Å². The van der Waals surface area contributed by atoms with Gasteiger partial charge in [-0.1, -0.05) is 29.8 Å². The summed E-state index contributed by atoms with van der Waals surface area (Å²) in [6, 6.07) is 12.4. The Labute approximate surface area is 172 Å². The lowest BCUT2D eigenvalue weighted by Gasteiger charge is -2.23. The van der Waals surface area contributed by atoms with E-state index in [-0.39, 0.29) is 23.9 Å². The number of nitrogens with zero attached hydrogens (tertiary/aromatic N) is 2. The van der Waals surface area contributed by atoms with Gasteiger partial charge in [-0.2, -0.15) is 8.78 Å². The summed E-state index contributed by atoms with van der Waals surface area (Å²) in [5.41, 5.74) is 0.655. The van der Waals surface area contributed by atoms with Crippen LogP contribution in [0, 0.1) is 0 Å². The highest BCUT2D eigenvalue weighted by molar-refractivity contribution is 6.30. The van der Waals surface area contributed by atoms with E-state index in [2.05, 4.69) is 10.1 Å². The van der Waals surface area contributed by atoms with E-state index in [0.717, 1.165) is 0 Å². The Balaban J connectivity index is 1.64. The predicted molar refractivity (Wildman–Crippen MR) is 106 cm³/mol. The number of anilines is 1. The van der Waals surface area contributed by atoms with Crippen molar-refractivity contribution in [3.05, 3.63) is 59.1 Å². The fraction of sp³-hybridized carbons (Fsp3) is 0.300. The average molecular weight is 424 g/mol. The van der Waals surface area contributed by atoms with E-state index in [1.165, 1.54) is 18.2 Å². The fourth-order valence-corrected chi connectivity index (χ4v) is 3.30. The van der Waals surface area contributed by atoms with Gasteiger partial charge in [0, 0.05) is 36.9 Å². The molecule has 29 heavy (non-hydrogen) atoms. The highest BCUT2D eigenvalue weighted by Crippen LogP contribution is 2.23. The summed E-state index contributed by atoms with van der Waals surface area (Å²) in [6.07, 6.45) is 0.562. The first-order valence-electron chi connectivity index (χ1n) is 9.08. The zero-order chi connectivity index (χ0) is 20.8. The molecule has 1 fully saturated rings. The normalized spacial score (nSPS) is 14.5. The van der Waals surface area contributed by atoms with Crippen molar-refractivity contribution in [2.45, 2.75) is 13.0 Å². The first kappa shape index (κ1) is 20.9. The number of para-hydroxylation sites is 1. The Morgan fingerprint density at radius 2 is 1.72 bits per heavy atom. The van der Waals surface area contributed by atoms with Crippen LogP contribution < -0.4 is 10.1 Å². The van der Waals surface area contributed by atoms with Crippen molar-refractivity contribution in [1.29, 1.82) is 0 Å². The second-order valence-corrected chi connectivity index (χ2v) is 6.88. The zero-order valence-electron chi connectivity index (χ0n) is 15.5. The van der Waals surface area contributed by atoms with Crippen LogP contribution >= 0.6 is 11.6 Å². The quantitative estimate of drug-likeness (QED) is 0.796. The van der Waals surface area contributed by atoms with Gasteiger partial charge in [-0.25, -0.2) is 4.79 Å². The van der Waals surface area contributed by atoms with Crippen LogP contribution in [-0.4, -0.2) is 54.5 Å². The van der Waals surface area contributed by atoms with Gasteiger partial charge in [0.2, 0.25) is 0 Å².